The monoisotopic (exact) mass is 217 g/mol. The van der Waals surface area contributed by atoms with E-state index >= 15 is 0 Å². The van der Waals surface area contributed by atoms with Crippen LogP contribution < -0.4 is 5.73 Å². The SMILES string of the molecule is CC1CCCC1C(N)CCc1ccccc1. The van der Waals surface area contributed by atoms with Crippen molar-refractivity contribution in [1.82, 2.24) is 0 Å². The van der Waals surface area contributed by atoms with Crippen LogP contribution in [-0.4, -0.2) is 6.04 Å². The normalized spacial score (nSPS) is 26.9. The lowest BCUT2D eigenvalue weighted by Crippen LogP contribution is -2.32. The smallest absolute Gasteiger partial charge is 0.00728 e. The van der Waals surface area contributed by atoms with Crippen LogP contribution in [0.25, 0.3) is 0 Å². The molecule has 1 aliphatic carbocycles. The Hall–Kier alpha value is -0.820. The van der Waals surface area contributed by atoms with Crippen molar-refractivity contribution >= 4 is 0 Å². The van der Waals surface area contributed by atoms with E-state index in [1.165, 1.54) is 24.8 Å². The zero-order chi connectivity index (χ0) is 11.4. The first-order valence-electron chi connectivity index (χ1n) is 6.57. The molecule has 0 radical (unpaired) electrons. The number of nitrogens with two attached hydrogens (primary N) is 1. The second-order valence-electron chi connectivity index (χ2n) is 5.26. The van der Waals surface area contributed by atoms with Gasteiger partial charge in [-0.25, -0.2) is 0 Å². The molecule has 0 bridgehead atoms. The third-order valence-electron chi connectivity index (χ3n) is 4.09. The Morgan fingerprint density at radius 2 is 2.00 bits per heavy atom. The van der Waals surface area contributed by atoms with Crippen molar-refractivity contribution < 1.29 is 0 Å². The lowest BCUT2D eigenvalue weighted by Gasteiger charge is -2.23. The van der Waals surface area contributed by atoms with Gasteiger partial charge in [0.1, 0.15) is 0 Å². The van der Waals surface area contributed by atoms with Crippen LogP contribution in [0.1, 0.15) is 38.2 Å². The Balaban J connectivity index is 1.81. The maximum absolute atomic E-state index is 6.32. The maximum Gasteiger partial charge on any atom is 0.00728 e. The summed E-state index contributed by atoms with van der Waals surface area (Å²) < 4.78 is 0. The summed E-state index contributed by atoms with van der Waals surface area (Å²) in [7, 11) is 0. The van der Waals surface area contributed by atoms with E-state index < -0.39 is 0 Å². The first-order valence-corrected chi connectivity index (χ1v) is 6.57. The van der Waals surface area contributed by atoms with Crippen LogP contribution >= 0.6 is 0 Å². The zero-order valence-corrected chi connectivity index (χ0v) is 10.2. The molecule has 0 saturated heterocycles. The molecule has 0 amide bonds. The highest BCUT2D eigenvalue weighted by molar-refractivity contribution is 5.14. The first kappa shape index (κ1) is 11.7. The molecule has 3 unspecified atom stereocenters. The van der Waals surface area contributed by atoms with Crippen LogP contribution in [0.2, 0.25) is 0 Å². The molecule has 1 saturated carbocycles. The molecular weight excluding hydrogens is 194 g/mol. The van der Waals surface area contributed by atoms with Gasteiger partial charge in [0, 0.05) is 6.04 Å². The van der Waals surface area contributed by atoms with Gasteiger partial charge in [0.15, 0.2) is 0 Å². The van der Waals surface area contributed by atoms with Crippen molar-refractivity contribution in [3.05, 3.63) is 35.9 Å². The molecule has 0 aromatic heterocycles. The van der Waals surface area contributed by atoms with Gasteiger partial charge in [0.25, 0.3) is 0 Å². The topological polar surface area (TPSA) is 26.0 Å². The molecule has 1 heteroatoms. The van der Waals surface area contributed by atoms with Crippen molar-refractivity contribution in [3.8, 4) is 0 Å². The van der Waals surface area contributed by atoms with Gasteiger partial charge in [-0.3, -0.25) is 0 Å². The summed E-state index contributed by atoms with van der Waals surface area (Å²) in [6.45, 7) is 2.36. The predicted octanol–water partition coefficient (Wildman–Crippen LogP) is 3.38. The third-order valence-corrected chi connectivity index (χ3v) is 4.09. The summed E-state index contributed by atoms with van der Waals surface area (Å²) in [5.74, 6) is 1.61. The number of rotatable bonds is 4. The average molecular weight is 217 g/mol. The molecule has 1 aliphatic rings. The van der Waals surface area contributed by atoms with Crippen molar-refractivity contribution in [2.45, 2.75) is 45.1 Å². The van der Waals surface area contributed by atoms with Gasteiger partial charge in [-0.1, -0.05) is 50.1 Å². The largest absolute Gasteiger partial charge is 0.327 e. The van der Waals surface area contributed by atoms with Gasteiger partial charge >= 0.3 is 0 Å². The molecule has 2 N–H and O–H groups in total. The fraction of sp³-hybridized carbons (Fsp3) is 0.600. The van der Waals surface area contributed by atoms with E-state index in [4.69, 9.17) is 5.73 Å². The number of hydrogen-bond donors (Lipinski definition) is 1. The van der Waals surface area contributed by atoms with E-state index in [1.54, 1.807) is 0 Å². The summed E-state index contributed by atoms with van der Waals surface area (Å²) in [5.41, 5.74) is 7.74. The van der Waals surface area contributed by atoms with Gasteiger partial charge in [-0.05, 0) is 36.7 Å². The van der Waals surface area contributed by atoms with E-state index in [0.717, 1.165) is 24.7 Å². The fourth-order valence-electron chi connectivity index (χ4n) is 3.00. The van der Waals surface area contributed by atoms with Crippen molar-refractivity contribution in [2.75, 3.05) is 0 Å². The number of hydrogen-bond acceptors (Lipinski definition) is 1. The molecule has 1 aromatic carbocycles. The second kappa shape index (κ2) is 5.49. The van der Waals surface area contributed by atoms with Gasteiger partial charge in [0.05, 0.1) is 0 Å². The summed E-state index contributed by atoms with van der Waals surface area (Å²) in [6, 6.07) is 11.1. The Labute approximate surface area is 99.0 Å². The van der Waals surface area contributed by atoms with E-state index in [1.807, 2.05) is 0 Å². The minimum Gasteiger partial charge on any atom is -0.327 e. The van der Waals surface area contributed by atoms with Crippen LogP contribution in [0.3, 0.4) is 0 Å². The second-order valence-corrected chi connectivity index (χ2v) is 5.26. The highest BCUT2D eigenvalue weighted by Crippen LogP contribution is 2.34. The zero-order valence-electron chi connectivity index (χ0n) is 10.2. The van der Waals surface area contributed by atoms with E-state index in [0.29, 0.717) is 6.04 Å². The average Bonchev–Trinajstić information content (AvgIpc) is 2.74. The number of benzene rings is 1. The van der Waals surface area contributed by atoms with Gasteiger partial charge in [0.2, 0.25) is 0 Å². The molecule has 2 rings (SSSR count). The minimum absolute atomic E-state index is 0.401. The van der Waals surface area contributed by atoms with Crippen molar-refractivity contribution in [1.29, 1.82) is 0 Å². The lowest BCUT2D eigenvalue weighted by atomic mass is 9.87. The lowest BCUT2D eigenvalue weighted by molar-refractivity contribution is 0.332. The van der Waals surface area contributed by atoms with Crippen LogP contribution in [0.5, 0.6) is 0 Å². The molecule has 1 aromatic rings. The molecule has 0 aliphatic heterocycles. The van der Waals surface area contributed by atoms with Crippen molar-refractivity contribution in [3.63, 3.8) is 0 Å². The van der Waals surface area contributed by atoms with Crippen LogP contribution in [0.15, 0.2) is 30.3 Å². The molecular formula is C15H23N. The standard InChI is InChI=1S/C15H23N/c1-12-6-5-9-14(12)15(16)11-10-13-7-3-2-4-8-13/h2-4,7-8,12,14-15H,5-6,9-11,16H2,1H3. The fourth-order valence-corrected chi connectivity index (χ4v) is 3.00. The van der Waals surface area contributed by atoms with E-state index in [9.17, 15) is 0 Å². The Kier molecular flexibility index (Phi) is 4.00. The number of aryl methyl sites for hydroxylation is 1. The van der Waals surface area contributed by atoms with Crippen LogP contribution in [0, 0.1) is 11.8 Å². The van der Waals surface area contributed by atoms with Gasteiger partial charge in [-0.15, -0.1) is 0 Å². The molecule has 3 atom stereocenters. The molecule has 0 spiro atoms. The van der Waals surface area contributed by atoms with E-state index in [-0.39, 0.29) is 0 Å². The molecule has 1 fully saturated rings. The summed E-state index contributed by atoms with van der Waals surface area (Å²) in [6.07, 6.45) is 6.37. The van der Waals surface area contributed by atoms with Crippen LogP contribution in [0.4, 0.5) is 0 Å². The quantitative estimate of drug-likeness (QED) is 0.822. The highest BCUT2D eigenvalue weighted by atomic mass is 14.7. The molecule has 1 nitrogen and oxygen atoms in total. The molecule has 88 valence electrons. The Bertz CT molecular complexity index is 306. The van der Waals surface area contributed by atoms with Crippen LogP contribution in [-0.2, 0) is 6.42 Å². The Morgan fingerprint density at radius 3 is 2.62 bits per heavy atom. The third kappa shape index (κ3) is 2.85. The van der Waals surface area contributed by atoms with E-state index in [2.05, 4.69) is 37.3 Å². The summed E-state index contributed by atoms with van der Waals surface area (Å²) >= 11 is 0. The van der Waals surface area contributed by atoms with Crippen molar-refractivity contribution in [2.24, 2.45) is 17.6 Å². The maximum atomic E-state index is 6.32. The molecule has 16 heavy (non-hydrogen) atoms. The predicted molar refractivity (Wildman–Crippen MR) is 69.2 cm³/mol. The minimum atomic E-state index is 0.401. The summed E-state index contributed by atoms with van der Waals surface area (Å²) in [4.78, 5) is 0. The molecule has 0 heterocycles. The Morgan fingerprint density at radius 1 is 1.25 bits per heavy atom. The first-order chi connectivity index (χ1) is 7.77. The van der Waals surface area contributed by atoms with Gasteiger partial charge in [-0.2, -0.15) is 0 Å². The highest BCUT2D eigenvalue weighted by Gasteiger charge is 2.28. The van der Waals surface area contributed by atoms with Gasteiger partial charge < -0.3 is 5.73 Å². The summed E-state index contributed by atoms with van der Waals surface area (Å²) in [5, 5.41) is 0.